The van der Waals surface area contributed by atoms with Gasteiger partial charge in [-0.25, -0.2) is 13.1 Å². The molecule has 0 heterocycles. The Labute approximate surface area is 136 Å². The third-order valence-corrected chi connectivity index (χ3v) is 5.13. The van der Waals surface area contributed by atoms with E-state index in [0.717, 1.165) is 5.56 Å². The summed E-state index contributed by atoms with van der Waals surface area (Å²) < 4.78 is 32.3. The molecule has 2 aromatic rings. The molecule has 0 aliphatic heterocycles. The highest BCUT2D eigenvalue weighted by molar-refractivity contribution is 7.89. The summed E-state index contributed by atoms with van der Waals surface area (Å²) >= 11 is 6.02. The van der Waals surface area contributed by atoms with Crippen LogP contribution in [0.15, 0.2) is 53.4 Å². The van der Waals surface area contributed by atoms with Crippen molar-refractivity contribution in [2.75, 3.05) is 13.2 Å². The highest BCUT2D eigenvalue weighted by atomic mass is 35.5. The van der Waals surface area contributed by atoms with Gasteiger partial charge in [0.2, 0.25) is 10.0 Å². The van der Waals surface area contributed by atoms with Gasteiger partial charge in [0.1, 0.15) is 0 Å². The van der Waals surface area contributed by atoms with E-state index in [9.17, 15) is 8.42 Å². The summed E-state index contributed by atoms with van der Waals surface area (Å²) in [6.45, 7) is 2.60. The zero-order valence-corrected chi connectivity index (χ0v) is 13.8. The van der Waals surface area contributed by atoms with E-state index in [1.165, 1.54) is 0 Å². The summed E-state index contributed by atoms with van der Waals surface area (Å²) in [5.74, 6) is 0. The molecule has 0 saturated carbocycles. The van der Waals surface area contributed by atoms with Gasteiger partial charge in [0, 0.05) is 11.6 Å². The summed E-state index contributed by atoms with van der Waals surface area (Å²) in [5, 5.41) is 0.642. The number of benzene rings is 2. The molecule has 118 valence electrons. The predicted molar refractivity (Wildman–Crippen MR) is 87.5 cm³/mol. The van der Waals surface area contributed by atoms with Crippen LogP contribution in [0.25, 0.3) is 0 Å². The van der Waals surface area contributed by atoms with Crippen LogP contribution in [0.4, 0.5) is 0 Å². The van der Waals surface area contributed by atoms with Crippen LogP contribution in [-0.2, 0) is 21.4 Å². The molecule has 1 N–H and O–H groups in total. The largest absolute Gasteiger partial charge is 0.375 e. The lowest BCUT2D eigenvalue weighted by molar-refractivity contribution is 0.126. The standard InChI is InChI=1S/C16H18ClNO3S/c1-13-6-2-5-9-16(13)22(19,20)18-10-11-21-12-14-7-3-4-8-15(14)17/h2-9,18H,10-12H2,1H3. The molecule has 0 saturated heterocycles. The third-order valence-electron chi connectivity index (χ3n) is 3.14. The Hall–Kier alpha value is -1.40. The van der Waals surface area contributed by atoms with Crippen LogP contribution >= 0.6 is 11.6 Å². The molecule has 0 fully saturated rings. The predicted octanol–water partition coefficient (Wildman–Crippen LogP) is 3.14. The summed E-state index contributed by atoms with van der Waals surface area (Å²) in [4.78, 5) is 0.293. The molecule has 4 nitrogen and oxygen atoms in total. The second-order valence-electron chi connectivity index (χ2n) is 4.81. The molecule has 2 rings (SSSR count). The van der Waals surface area contributed by atoms with Gasteiger partial charge in [-0.3, -0.25) is 0 Å². The maximum absolute atomic E-state index is 12.2. The van der Waals surface area contributed by atoms with E-state index in [2.05, 4.69) is 4.72 Å². The van der Waals surface area contributed by atoms with Crippen LogP contribution in [0.2, 0.25) is 5.02 Å². The topological polar surface area (TPSA) is 55.4 Å². The van der Waals surface area contributed by atoms with Crippen molar-refractivity contribution in [3.8, 4) is 0 Å². The Morgan fingerprint density at radius 1 is 1.09 bits per heavy atom. The van der Waals surface area contributed by atoms with Crippen LogP contribution in [0.1, 0.15) is 11.1 Å². The number of halogens is 1. The Balaban J connectivity index is 1.82. The smallest absolute Gasteiger partial charge is 0.240 e. The number of ether oxygens (including phenoxy) is 1. The van der Waals surface area contributed by atoms with Crippen LogP contribution in [0.5, 0.6) is 0 Å². The first-order chi connectivity index (χ1) is 10.5. The van der Waals surface area contributed by atoms with Crippen molar-refractivity contribution in [3.05, 3.63) is 64.7 Å². The molecule has 0 aliphatic rings. The highest BCUT2D eigenvalue weighted by Gasteiger charge is 2.15. The van der Waals surface area contributed by atoms with Gasteiger partial charge in [-0.15, -0.1) is 0 Å². The van der Waals surface area contributed by atoms with Crippen molar-refractivity contribution >= 4 is 21.6 Å². The molecule has 22 heavy (non-hydrogen) atoms. The van der Waals surface area contributed by atoms with Gasteiger partial charge in [0.15, 0.2) is 0 Å². The van der Waals surface area contributed by atoms with E-state index >= 15 is 0 Å². The first-order valence-corrected chi connectivity index (χ1v) is 8.73. The Morgan fingerprint density at radius 3 is 2.50 bits per heavy atom. The van der Waals surface area contributed by atoms with Crippen molar-refractivity contribution < 1.29 is 13.2 Å². The number of aryl methyl sites for hydroxylation is 1. The fraction of sp³-hybridized carbons (Fsp3) is 0.250. The number of hydrogen-bond donors (Lipinski definition) is 1. The molecule has 0 aliphatic carbocycles. The van der Waals surface area contributed by atoms with E-state index in [0.29, 0.717) is 22.1 Å². The van der Waals surface area contributed by atoms with Gasteiger partial charge >= 0.3 is 0 Å². The second kappa shape index (κ2) is 7.74. The Bertz CT molecular complexity index is 732. The minimum atomic E-state index is -3.50. The zero-order chi connectivity index (χ0) is 16.0. The Kier molecular flexibility index (Phi) is 5.97. The van der Waals surface area contributed by atoms with Gasteiger partial charge in [-0.05, 0) is 30.2 Å². The number of nitrogens with one attached hydrogen (secondary N) is 1. The SMILES string of the molecule is Cc1ccccc1S(=O)(=O)NCCOCc1ccccc1Cl. The van der Waals surface area contributed by atoms with Crippen molar-refractivity contribution in [1.82, 2.24) is 4.72 Å². The lowest BCUT2D eigenvalue weighted by Gasteiger charge is -2.10. The molecule has 0 amide bonds. The third kappa shape index (κ3) is 4.55. The second-order valence-corrected chi connectivity index (χ2v) is 6.95. The maximum Gasteiger partial charge on any atom is 0.240 e. The van der Waals surface area contributed by atoms with Crippen LogP contribution in [-0.4, -0.2) is 21.6 Å². The fourth-order valence-electron chi connectivity index (χ4n) is 1.98. The van der Waals surface area contributed by atoms with Crippen molar-refractivity contribution in [3.63, 3.8) is 0 Å². The van der Waals surface area contributed by atoms with Crippen LogP contribution in [0.3, 0.4) is 0 Å². The number of sulfonamides is 1. The van der Waals surface area contributed by atoms with E-state index in [-0.39, 0.29) is 13.2 Å². The van der Waals surface area contributed by atoms with Gasteiger partial charge in [0.05, 0.1) is 18.1 Å². The quantitative estimate of drug-likeness (QED) is 0.788. The Morgan fingerprint density at radius 2 is 1.77 bits per heavy atom. The molecule has 0 radical (unpaired) electrons. The molecule has 0 spiro atoms. The van der Waals surface area contributed by atoms with E-state index in [4.69, 9.17) is 16.3 Å². The molecule has 6 heteroatoms. The minimum absolute atomic E-state index is 0.209. The molecule has 2 aromatic carbocycles. The fourth-order valence-corrected chi connectivity index (χ4v) is 3.43. The summed E-state index contributed by atoms with van der Waals surface area (Å²) in [6, 6.07) is 14.3. The van der Waals surface area contributed by atoms with Crippen LogP contribution < -0.4 is 4.72 Å². The van der Waals surface area contributed by atoms with Crippen LogP contribution in [0, 0.1) is 6.92 Å². The molecule has 0 atom stereocenters. The van der Waals surface area contributed by atoms with E-state index in [1.807, 2.05) is 18.2 Å². The van der Waals surface area contributed by atoms with Gasteiger partial charge in [-0.1, -0.05) is 48.0 Å². The summed E-state index contributed by atoms with van der Waals surface area (Å²) in [6.07, 6.45) is 0. The molecule has 0 unspecified atom stereocenters. The number of hydrogen-bond acceptors (Lipinski definition) is 3. The van der Waals surface area contributed by atoms with E-state index in [1.54, 1.807) is 37.3 Å². The lowest BCUT2D eigenvalue weighted by atomic mass is 10.2. The average molecular weight is 340 g/mol. The summed E-state index contributed by atoms with van der Waals surface area (Å²) in [7, 11) is -3.50. The van der Waals surface area contributed by atoms with Gasteiger partial charge in [0.25, 0.3) is 0 Å². The van der Waals surface area contributed by atoms with Crippen molar-refractivity contribution in [2.24, 2.45) is 0 Å². The first-order valence-electron chi connectivity index (χ1n) is 6.87. The maximum atomic E-state index is 12.2. The minimum Gasteiger partial charge on any atom is -0.375 e. The van der Waals surface area contributed by atoms with Gasteiger partial charge < -0.3 is 4.74 Å². The highest BCUT2D eigenvalue weighted by Crippen LogP contribution is 2.16. The monoisotopic (exact) mass is 339 g/mol. The zero-order valence-electron chi connectivity index (χ0n) is 12.3. The first kappa shape index (κ1) is 17.0. The van der Waals surface area contributed by atoms with Crippen molar-refractivity contribution in [1.29, 1.82) is 0 Å². The molecule has 0 bridgehead atoms. The van der Waals surface area contributed by atoms with E-state index < -0.39 is 10.0 Å². The molecular weight excluding hydrogens is 322 g/mol. The van der Waals surface area contributed by atoms with Gasteiger partial charge in [-0.2, -0.15) is 0 Å². The number of rotatable bonds is 7. The van der Waals surface area contributed by atoms with Crippen molar-refractivity contribution in [2.45, 2.75) is 18.4 Å². The summed E-state index contributed by atoms with van der Waals surface area (Å²) in [5.41, 5.74) is 1.60. The normalized spacial score (nSPS) is 11.5. The molecule has 0 aromatic heterocycles. The molecular formula is C16H18ClNO3S. The average Bonchev–Trinajstić information content (AvgIpc) is 2.49. The lowest BCUT2D eigenvalue weighted by Crippen LogP contribution is -2.28.